The summed E-state index contributed by atoms with van der Waals surface area (Å²) in [7, 11) is 0. The highest BCUT2D eigenvalue weighted by atomic mass is 19.1. The van der Waals surface area contributed by atoms with Crippen LogP contribution in [0.1, 0.15) is 24.1 Å². The average molecular weight is 442 g/mol. The third-order valence-corrected chi connectivity index (χ3v) is 5.37. The summed E-state index contributed by atoms with van der Waals surface area (Å²) in [5.41, 5.74) is -0.364. The molecule has 0 bridgehead atoms. The van der Waals surface area contributed by atoms with Crippen LogP contribution in [0.4, 0.5) is 18.9 Å². The fourth-order valence-corrected chi connectivity index (χ4v) is 3.51. The molecule has 0 radical (unpaired) electrons. The van der Waals surface area contributed by atoms with Gasteiger partial charge in [-0.1, -0.05) is 18.2 Å². The van der Waals surface area contributed by atoms with E-state index < -0.39 is 23.3 Å². The van der Waals surface area contributed by atoms with Crippen LogP contribution < -0.4 is 5.32 Å². The van der Waals surface area contributed by atoms with Gasteiger partial charge in [0.05, 0.1) is 24.5 Å². The predicted molar refractivity (Wildman–Crippen MR) is 111 cm³/mol. The molecule has 2 heterocycles. The van der Waals surface area contributed by atoms with Crippen LogP contribution >= 0.6 is 0 Å². The van der Waals surface area contributed by atoms with Gasteiger partial charge in [0.2, 0.25) is 0 Å². The number of rotatable bonds is 8. The van der Waals surface area contributed by atoms with E-state index in [0.29, 0.717) is 12.2 Å². The molecule has 166 valence electrons. The Kier molecular flexibility index (Phi) is 5.95. The van der Waals surface area contributed by atoms with Crippen molar-refractivity contribution in [2.45, 2.75) is 31.7 Å². The quantitative estimate of drug-likeness (QED) is 0.435. The van der Waals surface area contributed by atoms with Crippen LogP contribution in [0.2, 0.25) is 0 Å². The summed E-state index contributed by atoms with van der Waals surface area (Å²) >= 11 is 0. The second-order valence-corrected chi connectivity index (χ2v) is 7.51. The molecule has 4 rings (SSSR count). The van der Waals surface area contributed by atoms with Gasteiger partial charge in [0, 0.05) is 24.4 Å². The largest absolute Gasteiger partial charge is 0.381 e. The SMILES string of the molecule is C[C@@H](n1cc(NCc2ccc(F)cc2)cn1)[C@](O)(Cn1cncn1)c1ccc(F)cc1F. The van der Waals surface area contributed by atoms with Crippen LogP contribution in [0.15, 0.2) is 67.5 Å². The highest BCUT2D eigenvalue weighted by Crippen LogP contribution is 2.36. The summed E-state index contributed by atoms with van der Waals surface area (Å²) < 4.78 is 44.1. The first kappa shape index (κ1) is 21.6. The maximum absolute atomic E-state index is 14.7. The topological polar surface area (TPSA) is 80.8 Å². The van der Waals surface area contributed by atoms with Gasteiger partial charge in [-0.2, -0.15) is 10.2 Å². The van der Waals surface area contributed by atoms with Crippen LogP contribution in [0, 0.1) is 17.5 Å². The zero-order valence-electron chi connectivity index (χ0n) is 17.2. The minimum atomic E-state index is -1.81. The van der Waals surface area contributed by atoms with Crippen molar-refractivity contribution in [3.05, 3.63) is 96.1 Å². The Morgan fingerprint density at radius 3 is 2.50 bits per heavy atom. The van der Waals surface area contributed by atoms with Crippen molar-refractivity contribution in [1.29, 1.82) is 0 Å². The van der Waals surface area contributed by atoms with E-state index >= 15 is 0 Å². The Morgan fingerprint density at radius 1 is 1.06 bits per heavy atom. The molecule has 2 aromatic carbocycles. The second-order valence-electron chi connectivity index (χ2n) is 7.51. The van der Waals surface area contributed by atoms with Crippen LogP contribution in [0.25, 0.3) is 0 Å². The average Bonchev–Trinajstić information content (AvgIpc) is 3.44. The zero-order chi connectivity index (χ0) is 22.7. The van der Waals surface area contributed by atoms with Crippen molar-refractivity contribution in [2.24, 2.45) is 0 Å². The summed E-state index contributed by atoms with van der Waals surface area (Å²) in [6, 6.07) is 8.38. The van der Waals surface area contributed by atoms with Crippen molar-refractivity contribution >= 4 is 5.69 Å². The number of hydrogen-bond donors (Lipinski definition) is 2. The van der Waals surface area contributed by atoms with Gasteiger partial charge < -0.3 is 10.4 Å². The molecule has 2 atom stereocenters. The minimum absolute atomic E-state index is 0.0850. The van der Waals surface area contributed by atoms with Gasteiger partial charge in [-0.15, -0.1) is 0 Å². The van der Waals surface area contributed by atoms with Crippen LogP contribution in [-0.4, -0.2) is 29.7 Å². The lowest BCUT2D eigenvalue weighted by Gasteiger charge is -2.34. The van der Waals surface area contributed by atoms with Crippen molar-refractivity contribution in [3.8, 4) is 0 Å². The molecule has 0 fully saturated rings. The maximum atomic E-state index is 14.7. The van der Waals surface area contributed by atoms with Gasteiger partial charge in [-0.3, -0.25) is 4.68 Å². The lowest BCUT2D eigenvalue weighted by atomic mass is 9.86. The third-order valence-electron chi connectivity index (χ3n) is 5.37. The van der Waals surface area contributed by atoms with Gasteiger partial charge >= 0.3 is 0 Å². The number of aromatic nitrogens is 5. The lowest BCUT2D eigenvalue weighted by Crippen LogP contribution is -2.40. The van der Waals surface area contributed by atoms with Crippen molar-refractivity contribution in [3.63, 3.8) is 0 Å². The Morgan fingerprint density at radius 2 is 1.81 bits per heavy atom. The number of hydrogen-bond acceptors (Lipinski definition) is 5. The molecule has 7 nitrogen and oxygen atoms in total. The number of anilines is 1. The fraction of sp³-hybridized carbons (Fsp3) is 0.227. The van der Waals surface area contributed by atoms with E-state index in [1.807, 2.05) is 0 Å². The van der Waals surface area contributed by atoms with Gasteiger partial charge in [-0.25, -0.2) is 22.8 Å². The Bertz CT molecular complexity index is 1180. The van der Waals surface area contributed by atoms with Gasteiger partial charge in [0.25, 0.3) is 0 Å². The second kappa shape index (κ2) is 8.83. The van der Waals surface area contributed by atoms with Gasteiger partial charge in [0.1, 0.15) is 35.7 Å². The van der Waals surface area contributed by atoms with E-state index in [4.69, 9.17) is 0 Å². The molecule has 10 heteroatoms. The number of benzene rings is 2. The summed E-state index contributed by atoms with van der Waals surface area (Å²) in [6.45, 7) is 1.99. The number of nitrogens with one attached hydrogen (secondary N) is 1. The van der Waals surface area contributed by atoms with E-state index in [2.05, 4.69) is 20.5 Å². The van der Waals surface area contributed by atoms with Crippen molar-refractivity contribution in [2.75, 3.05) is 5.32 Å². The molecule has 4 aromatic rings. The Balaban J connectivity index is 1.59. The van der Waals surface area contributed by atoms with Crippen LogP contribution in [0.5, 0.6) is 0 Å². The molecule has 2 aromatic heterocycles. The van der Waals surface area contributed by atoms with Crippen LogP contribution in [-0.2, 0) is 18.7 Å². The van der Waals surface area contributed by atoms with Gasteiger partial charge in [-0.05, 0) is 30.7 Å². The Labute approximate surface area is 182 Å². The fourth-order valence-electron chi connectivity index (χ4n) is 3.51. The lowest BCUT2D eigenvalue weighted by molar-refractivity contribution is -0.0368. The molecule has 32 heavy (non-hydrogen) atoms. The number of halogens is 3. The number of aliphatic hydroxyl groups is 1. The molecule has 0 amide bonds. The van der Waals surface area contributed by atoms with E-state index in [0.717, 1.165) is 17.7 Å². The molecule has 0 unspecified atom stereocenters. The van der Waals surface area contributed by atoms with Gasteiger partial charge in [0.15, 0.2) is 0 Å². The molecule has 0 aliphatic carbocycles. The summed E-state index contributed by atoms with van der Waals surface area (Å²) in [5, 5.41) is 23.1. The van der Waals surface area contributed by atoms with Crippen molar-refractivity contribution < 1.29 is 18.3 Å². The Hall–Kier alpha value is -3.66. The highest BCUT2D eigenvalue weighted by molar-refractivity contribution is 5.39. The molecule has 0 aliphatic heterocycles. The molecule has 0 saturated carbocycles. The molecule has 2 N–H and O–H groups in total. The van der Waals surface area contributed by atoms with E-state index in [1.54, 1.807) is 31.5 Å². The first-order valence-corrected chi connectivity index (χ1v) is 9.88. The molecule has 0 saturated heterocycles. The predicted octanol–water partition coefficient (Wildman–Crippen LogP) is 3.65. The normalized spacial score (nSPS) is 14.2. The van der Waals surface area contributed by atoms with E-state index in [-0.39, 0.29) is 17.9 Å². The van der Waals surface area contributed by atoms with E-state index in [1.165, 1.54) is 40.2 Å². The van der Waals surface area contributed by atoms with E-state index in [9.17, 15) is 18.3 Å². The first-order chi connectivity index (χ1) is 15.3. The monoisotopic (exact) mass is 442 g/mol. The summed E-state index contributed by atoms with van der Waals surface area (Å²) in [5.74, 6) is -1.93. The number of nitrogens with zero attached hydrogens (tertiary/aromatic N) is 5. The van der Waals surface area contributed by atoms with Crippen molar-refractivity contribution in [1.82, 2.24) is 24.5 Å². The summed E-state index contributed by atoms with van der Waals surface area (Å²) in [4.78, 5) is 3.86. The molecule has 0 aliphatic rings. The third kappa shape index (κ3) is 4.50. The molecular weight excluding hydrogens is 421 g/mol. The smallest absolute Gasteiger partial charge is 0.137 e. The first-order valence-electron chi connectivity index (χ1n) is 9.88. The summed E-state index contributed by atoms with van der Waals surface area (Å²) in [6.07, 6.45) is 5.94. The zero-order valence-corrected chi connectivity index (χ0v) is 17.2. The van der Waals surface area contributed by atoms with Crippen LogP contribution in [0.3, 0.4) is 0 Å². The molecular formula is C22H21F3N6O. The highest BCUT2D eigenvalue weighted by Gasteiger charge is 2.40. The standard InChI is InChI=1S/C22H21F3N6O/c1-15(31-11-19(10-28-31)27-9-16-2-4-17(23)5-3-16)22(32,12-30-14-26-13-29-30)20-7-6-18(24)8-21(20)25/h2-8,10-11,13-15,27,32H,9,12H2,1H3/t15-,22-/m1/s1. The molecule has 0 spiro atoms. The minimum Gasteiger partial charge on any atom is -0.381 e. The maximum Gasteiger partial charge on any atom is 0.137 e.